The first-order valence-electron chi connectivity index (χ1n) is 5.18. The Morgan fingerprint density at radius 2 is 2.16 bits per heavy atom. The fourth-order valence-corrected chi connectivity index (χ4v) is 3.08. The number of sulfonamides is 1. The molecule has 0 saturated heterocycles. The second kappa shape index (κ2) is 5.17. The number of ether oxygens (including phenoxy) is 1. The molecule has 1 heterocycles. The zero-order valence-corrected chi connectivity index (χ0v) is 12.5. The Morgan fingerprint density at radius 1 is 1.42 bits per heavy atom. The molecule has 0 unspecified atom stereocenters. The molecule has 0 atom stereocenters. The molecule has 0 fully saturated rings. The molecule has 2 N–H and O–H groups in total. The van der Waals surface area contributed by atoms with Crippen molar-refractivity contribution >= 4 is 31.9 Å². The summed E-state index contributed by atoms with van der Waals surface area (Å²) in [5, 5.41) is 6.28. The van der Waals surface area contributed by atoms with Gasteiger partial charge in [0.15, 0.2) is 0 Å². The third kappa shape index (κ3) is 3.04. The first kappa shape index (κ1) is 13.8. The number of anilines is 1. The molecule has 9 heteroatoms. The van der Waals surface area contributed by atoms with Crippen LogP contribution in [-0.2, 0) is 10.0 Å². The van der Waals surface area contributed by atoms with Gasteiger partial charge in [0, 0.05) is 4.47 Å². The molecule has 102 valence electrons. The lowest BCUT2D eigenvalue weighted by Crippen LogP contribution is -2.15. The highest BCUT2D eigenvalue weighted by molar-refractivity contribution is 9.10. The second-order valence-electron chi connectivity index (χ2n) is 3.65. The van der Waals surface area contributed by atoms with Crippen molar-refractivity contribution in [1.82, 2.24) is 15.2 Å². The summed E-state index contributed by atoms with van der Waals surface area (Å²) in [6.45, 7) is 1.67. The first-order chi connectivity index (χ1) is 8.92. The maximum absolute atomic E-state index is 12.2. The highest BCUT2D eigenvalue weighted by atomic mass is 79.9. The van der Waals surface area contributed by atoms with Crippen LogP contribution in [0.1, 0.15) is 5.82 Å². The monoisotopic (exact) mass is 346 g/mol. The lowest BCUT2D eigenvalue weighted by molar-refractivity contribution is 0.403. The van der Waals surface area contributed by atoms with Gasteiger partial charge in [0.2, 0.25) is 0 Å². The predicted octanol–water partition coefficient (Wildman–Crippen LogP) is 1.69. The van der Waals surface area contributed by atoms with Crippen molar-refractivity contribution in [3.8, 4) is 5.75 Å². The van der Waals surface area contributed by atoms with Gasteiger partial charge >= 0.3 is 0 Å². The molecule has 0 amide bonds. The summed E-state index contributed by atoms with van der Waals surface area (Å²) in [4.78, 5) is 3.90. The van der Waals surface area contributed by atoms with Crippen LogP contribution in [0.2, 0.25) is 0 Å². The molecule has 1 aromatic heterocycles. The van der Waals surface area contributed by atoms with Crippen LogP contribution in [0.4, 0.5) is 5.95 Å². The van der Waals surface area contributed by atoms with Crippen LogP contribution in [0.15, 0.2) is 27.6 Å². The lowest BCUT2D eigenvalue weighted by Gasteiger charge is -2.09. The number of aromatic amines is 1. The van der Waals surface area contributed by atoms with Crippen molar-refractivity contribution in [1.29, 1.82) is 0 Å². The SMILES string of the molecule is COc1ccc(Br)cc1S(=O)(=O)Nc1n[nH]c(C)n1. The summed E-state index contributed by atoms with van der Waals surface area (Å²) in [6.07, 6.45) is 0. The molecule has 2 rings (SSSR count). The van der Waals surface area contributed by atoms with E-state index in [4.69, 9.17) is 4.74 Å². The van der Waals surface area contributed by atoms with Crippen molar-refractivity contribution < 1.29 is 13.2 Å². The predicted molar refractivity (Wildman–Crippen MR) is 72.6 cm³/mol. The lowest BCUT2D eigenvalue weighted by atomic mass is 10.3. The van der Waals surface area contributed by atoms with Crippen LogP contribution in [0.25, 0.3) is 0 Å². The van der Waals surface area contributed by atoms with Crippen molar-refractivity contribution in [3.05, 3.63) is 28.5 Å². The van der Waals surface area contributed by atoms with Crippen molar-refractivity contribution in [2.45, 2.75) is 11.8 Å². The minimum Gasteiger partial charge on any atom is -0.495 e. The van der Waals surface area contributed by atoms with E-state index in [0.717, 1.165) is 0 Å². The smallest absolute Gasteiger partial charge is 0.267 e. The number of H-pyrrole nitrogens is 1. The number of rotatable bonds is 4. The maximum Gasteiger partial charge on any atom is 0.267 e. The molecule has 0 radical (unpaired) electrons. The molecule has 0 aliphatic rings. The molecule has 7 nitrogen and oxygen atoms in total. The van der Waals surface area contributed by atoms with E-state index in [1.54, 1.807) is 19.1 Å². The highest BCUT2D eigenvalue weighted by Crippen LogP contribution is 2.28. The molecule has 0 aliphatic heterocycles. The third-order valence-corrected chi connectivity index (χ3v) is 4.08. The molecule has 0 bridgehead atoms. The van der Waals surface area contributed by atoms with E-state index in [1.165, 1.54) is 13.2 Å². The zero-order chi connectivity index (χ0) is 14.0. The van der Waals surface area contributed by atoms with Crippen LogP contribution in [0.5, 0.6) is 5.75 Å². The van der Waals surface area contributed by atoms with Gasteiger partial charge in [-0.3, -0.25) is 5.10 Å². The molecular formula is C10H11BrN4O3S. The molecule has 1 aromatic carbocycles. The summed E-state index contributed by atoms with van der Waals surface area (Å²) in [5.41, 5.74) is 0. The van der Waals surface area contributed by atoms with E-state index < -0.39 is 10.0 Å². The minimum atomic E-state index is -3.82. The average molecular weight is 347 g/mol. The van der Waals surface area contributed by atoms with Crippen molar-refractivity contribution in [2.75, 3.05) is 11.8 Å². The number of nitrogens with one attached hydrogen (secondary N) is 2. The van der Waals surface area contributed by atoms with Crippen LogP contribution < -0.4 is 9.46 Å². The highest BCUT2D eigenvalue weighted by Gasteiger charge is 2.21. The zero-order valence-electron chi connectivity index (χ0n) is 10.1. The molecule has 0 saturated carbocycles. The van der Waals surface area contributed by atoms with E-state index in [1.807, 2.05) is 0 Å². The van der Waals surface area contributed by atoms with Crippen molar-refractivity contribution in [2.24, 2.45) is 0 Å². The molecule has 0 aliphatic carbocycles. The summed E-state index contributed by atoms with van der Waals surface area (Å²) >= 11 is 3.22. The summed E-state index contributed by atoms with van der Waals surface area (Å²) < 4.78 is 32.4. The fourth-order valence-electron chi connectivity index (χ4n) is 1.42. The van der Waals surface area contributed by atoms with Crippen LogP contribution >= 0.6 is 15.9 Å². The Balaban J connectivity index is 2.41. The third-order valence-electron chi connectivity index (χ3n) is 2.24. The maximum atomic E-state index is 12.2. The topological polar surface area (TPSA) is 97.0 Å². The molecular weight excluding hydrogens is 336 g/mol. The van der Waals surface area contributed by atoms with Gasteiger partial charge in [-0.25, -0.2) is 13.1 Å². The van der Waals surface area contributed by atoms with Gasteiger partial charge in [0.1, 0.15) is 16.5 Å². The summed E-state index contributed by atoms with van der Waals surface area (Å²) in [6, 6.07) is 4.69. The van der Waals surface area contributed by atoms with Gasteiger partial charge in [0.05, 0.1) is 7.11 Å². The first-order valence-corrected chi connectivity index (χ1v) is 7.45. The molecule has 19 heavy (non-hydrogen) atoms. The van der Waals surface area contributed by atoms with Gasteiger partial charge in [-0.2, -0.15) is 4.98 Å². The fraction of sp³-hybridized carbons (Fsp3) is 0.200. The Kier molecular flexibility index (Phi) is 3.76. The number of halogens is 1. The van der Waals surface area contributed by atoms with Gasteiger partial charge < -0.3 is 4.74 Å². The Bertz CT molecular complexity index is 699. The number of nitrogens with zero attached hydrogens (tertiary/aromatic N) is 2. The largest absolute Gasteiger partial charge is 0.495 e. The van der Waals surface area contributed by atoms with E-state index >= 15 is 0 Å². The van der Waals surface area contributed by atoms with Crippen LogP contribution in [-0.4, -0.2) is 30.7 Å². The number of hydrogen-bond donors (Lipinski definition) is 2. The molecule has 0 spiro atoms. The Labute approximate surface area is 118 Å². The van der Waals surface area contributed by atoms with Crippen LogP contribution in [0.3, 0.4) is 0 Å². The quantitative estimate of drug-likeness (QED) is 0.877. The number of benzene rings is 1. The minimum absolute atomic E-state index is 0.00632. The van der Waals surface area contributed by atoms with Gasteiger partial charge in [-0.05, 0) is 25.1 Å². The summed E-state index contributed by atoms with van der Waals surface area (Å²) in [7, 11) is -2.41. The van der Waals surface area contributed by atoms with E-state index in [9.17, 15) is 8.42 Å². The number of aryl methyl sites for hydroxylation is 1. The Hall–Kier alpha value is -1.61. The van der Waals surface area contributed by atoms with E-state index in [0.29, 0.717) is 10.3 Å². The Morgan fingerprint density at radius 3 is 2.74 bits per heavy atom. The normalized spacial score (nSPS) is 11.3. The second-order valence-corrected chi connectivity index (χ2v) is 6.21. The van der Waals surface area contributed by atoms with Gasteiger partial charge in [-0.1, -0.05) is 15.9 Å². The average Bonchev–Trinajstić information content (AvgIpc) is 2.74. The van der Waals surface area contributed by atoms with Crippen molar-refractivity contribution in [3.63, 3.8) is 0 Å². The number of hydrogen-bond acceptors (Lipinski definition) is 5. The van der Waals surface area contributed by atoms with E-state index in [-0.39, 0.29) is 16.6 Å². The van der Waals surface area contributed by atoms with Gasteiger partial charge in [0.25, 0.3) is 16.0 Å². The van der Waals surface area contributed by atoms with E-state index in [2.05, 4.69) is 35.8 Å². The standard InChI is InChI=1S/C10H11BrN4O3S/c1-6-12-10(14-13-6)15-19(16,17)9-5-7(11)3-4-8(9)18-2/h3-5H,1-2H3,(H2,12,13,14,15). The summed E-state index contributed by atoms with van der Waals surface area (Å²) in [5.74, 6) is 0.737. The number of methoxy groups -OCH3 is 1. The van der Waals surface area contributed by atoms with Crippen LogP contribution in [0, 0.1) is 6.92 Å². The molecule has 2 aromatic rings. The number of aromatic nitrogens is 3. The van der Waals surface area contributed by atoms with Gasteiger partial charge in [-0.15, -0.1) is 5.10 Å².